The first-order valence-electron chi connectivity index (χ1n) is 5.62. The predicted molar refractivity (Wildman–Crippen MR) is 74.2 cm³/mol. The van der Waals surface area contributed by atoms with Gasteiger partial charge in [0.15, 0.2) is 11.5 Å². The molecule has 2 aromatic rings. The molecule has 1 aromatic heterocycles. The molecular formula is C13H10ClNO3S. The summed E-state index contributed by atoms with van der Waals surface area (Å²) in [5, 5.41) is 7.10. The summed E-state index contributed by atoms with van der Waals surface area (Å²) in [5.74, 6) is 1.08. The van der Waals surface area contributed by atoms with Gasteiger partial charge < -0.3 is 14.8 Å². The molecule has 2 heterocycles. The third-order valence-electron chi connectivity index (χ3n) is 2.68. The Balaban J connectivity index is 1.74. The fraction of sp³-hybridized carbons (Fsp3) is 0.154. The Kier molecular flexibility index (Phi) is 3.31. The Hall–Kier alpha value is -1.72. The lowest BCUT2D eigenvalue weighted by Gasteiger charge is -2.08. The Labute approximate surface area is 118 Å². The van der Waals surface area contributed by atoms with Gasteiger partial charge in [0.2, 0.25) is 12.7 Å². The molecule has 1 aliphatic heterocycles. The van der Waals surface area contributed by atoms with Gasteiger partial charge in [-0.05, 0) is 22.4 Å². The summed E-state index contributed by atoms with van der Waals surface area (Å²) in [6, 6.07) is 5.24. The number of hydrogen-bond acceptors (Lipinski definition) is 4. The minimum absolute atomic E-state index is 0.112. The van der Waals surface area contributed by atoms with E-state index in [1.807, 2.05) is 16.8 Å². The first-order valence-corrected chi connectivity index (χ1v) is 6.94. The molecular weight excluding hydrogens is 286 g/mol. The third-order valence-corrected chi connectivity index (χ3v) is 3.73. The van der Waals surface area contributed by atoms with Gasteiger partial charge in [0, 0.05) is 12.1 Å². The van der Waals surface area contributed by atoms with Crippen molar-refractivity contribution in [2.24, 2.45) is 0 Å². The molecule has 19 heavy (non-hydrogen) atoms. The standard InChI is InChI=1S/C13H10ClNO3S/c14-9-4-11-12(18-7-17-11)5-10(9)15-13(16)3-8-1-2-19-6-8/h1-2,4-6H,3,7H2,(H,15,16). The van der Waals surface area contributed by atoms with E-state index in [2.05, 4.69) is 5.32 Å². The molecule has 1 amide bonds. The first-order chi connectivity index (χ1) is 9.22. The van der Waals surface area contributed by atoms with Crippen LogP contribution < -0.4 is 14.8 Å². The Morgan fingerprint density at radius 2 is 2.16 bits per heavy atom. The van der Waals surface area contributed by atoms with Crippen LogP contribution in [-0.2, 0) is 11.2 Å². The third kappa shape index (κ3) is 2.67. The highest BCUT2D eigenvalue weighted by atomic mass is 35.5. The minimum atomic E-state index is -0.112. The maximum absolute atomic E-state index is 11.9. The van der Waals surface area contributed by atoms with Gasteiger partial charge in [0.25, 0.3) is 0 Å². The SMILES string of the molecule is O=C(Cc1ccsc1)Nc1cc2c(cc1Cl)OCO2. The van der Waals surface area contributed by atoms with Crippen LogP contribution in [0.4, 0.5) is 5.69 Å². The quantitative estimate of drug-likeness (QED) is 0.945. The maximum Gasteiger partial charge on any atom is 0.231 e. The summed E-state index contributed by atoms with van der Waals surface area (Å²) < 4.78 is 10.5. The van der Waals surface area contributed by atoms with Gasteiger partial charge in [0.05, 0.1) is 17.1 Å². The fourth-order valence-electron chi connectivity index (χ4n) is 1.79. The minimum Gasteiger partial charge on any atom is -0.454 e. The van der Waals surface area contributed by atoms with Crippen LogP contribution in [0.5, 0.6) is 11.5 Å². The zero-order valence-corrected chi connectivity index (χ0v) is 11.4. The number of amides is 1. The fourth-order valence-corrected chi connectivity index (χ4v) is 2.66. The average molecular weight is 296 g/mol. The molecule has 4 nitrogen and oxygen atoms in total. The van der Waals surface area contributed by atoms with Crippen molar-refractivity contribution in [1.82, 2.24) is 0 Å². The molecule has 1 N–H and O–H groups in total. The smallest absolute Gasteiger partial charge is 0.231 e. The number of carbonyl (C=O) groups is 1. The Morgan fingerprint density at radius 1 is 1.37 bits per heavy atom. The number of benzene rings is 1. The van der Waals surface area contributed by atoms with Crippen molar-refractivity contribution in [2.45, 2.75) is 6.42 Å². The molecule has 0 radical (unpaired) electrons. The van der Waals surface area contributed by atoms with E-state index in [0.717, 1.165) is 5.56 Å². The summed E-state index contributed by atoms with van der Waals surface area (Å²) in [5.41, 5.74) is 1.52. The molecule has 0 atom stereocenters. The molecule has 0 saturated carbocycles. The van der Waals surface area contributed by atoms with Gasteiger partial charge in [-0.3, -0.25) is 4.79 Å². The van der Waals surface area contributed by atoms with Crippen molar-refractivity contribution in [1.29, 1.82) is 0 Å². The van der Waals surface area contributed by atoms with E-state index in [-0.39, 0.29) is 12.7 Å². The summed E-state index contributed by atoms with van der Waals surface area (Å²) in [4.78, 5) is 11.9. The number of halogens is 1. The lowest BCUT2D eigenvalue weighted by atomic mass is 10.2. The number of fused-ring (bicyclic) bond motifs is 1. The van der Waals surface area contributed by atoms with E-state index >= 15 is 0 Å². The highest BCUT2D eigenvalue weighted by Crippen LogP contribution is 2.39. The molecule has 0 spiro atoms. The number of thiophene rings is 1. The molecule has 1 aliphatic rings. The summed E-state index contributed by atoms with van der Waals surface area (Å²) in [7, 11) is 0. The van der Waals surface area contributed by atoms with Crippen molar-refractivity contribution < 1.29 is 14.3 Å². The topological polar surface area (TPSA) is 47.6 Å². The van der Waals surface area contributed by atoms with Crippen molar-refractivity contribution >= 4 is 34.5 Å². The van der Waals surface area contributed by atoms with Crippen LogP contribution in [0.15, 0.2) is 29.0 Å². The zero-order valence-electron chi connectivity index (χ0n) is 9.81. The first kappa shape index (κ1) is 12.3. The van der Waals surface area contributed by atoms with Crippen molar-refractivity contribution in [3.05, 3.63) is 39.5 Å². The predicted octanol–water partition coefficient (Wildman–Crippen LogP) is 3.31. The van der Waals surface area contributed by atoms with Crippen molar-refractivity contribution in [3.8, 4) is 11.5 Å². The number of anilines is 1. The second-order valence-corrected chi connectivity index (χ2v) is 5.23. The molecule has 0 aliphatic carbocycles. The lowest BCUT2D eigenvalue weighted by molar-refractivity contribution is -0.115. The van der Waals surface area contributed by atoms with Crippen LogP contribution in [0.2, 0.25) is 5.02 Å². The normalized spacial score (nSPS) is 12.5. The average Bonchev–Trinajstić information content (AvgIpc) is 3.00. The van der Waals surface area contributed by atoms with Crippen LogP contribution in [0.25, 0.3) is 0 Å². The largest absolute Gasteiger partial charge is 0.454 e. The molecule has 0 fully saturated rings. The van der Waals surface area contributed by atoms with Crippen molar-refractivity contribution in [3.63, 3.8) is 0 Å². The molecule has 0 unspecified atom stereocenters. The molecule has 98 valence electrons. The van der Waals surface area contributed by atoms with Gasteiger partial charge in [-0.25, -0.2) is 0 Å². The Morgan fingerprint density at radius 3 is 2.89 bits per heavy atom. The molecule has 6 heteroatoms. The van der Waals surface area contributed by atoms with Gasteiger partial charge in [0.1, 0.15) is 0 Å². The Bertz CT molecular complexity index is 613. The molecule has 0 bridgehead atoms. The van der Waals surface area contributed by atoms with Gasteiger partial charge in [-0.15, -0.1) is 0 Å². The van der Waals surface area contributed by atoms with Crippen LogP contribution in [0.3, 0.4) is 0 Å². The maximum atomic E-state index is 11.9. The number of ether oxygens (including phenoxy) is 2. The summed E-state index contributed by atoms with van der Waals surface area (Å²) in [6.45, 7) is 0.179. The van der Waals surface area contributed by atoms with Crippen LogP contribution in [-0.4, -0.2) is 12.7 Å². The van der Waals surface area contributed by atoms with E-state index < -0.39 is 0 Å². The number of nitrogens with one attached hydrogen (secondary N) is 1. The number of rotatable bonds is 3. The van der Waals surface area contributed by atoms with Gasteiger partial charge in [-0.2, -0.15) is 11.3 Å². The highest BCUT2D eigenvalue weighted by Gasteiger charge is 2.17. The summed E-state index contributed by atoms with van der Waals surface area (Å²) >= 11 is 7.65. The van der Waals surface area contributed by atoms with Crippen molar-refractivity contribution in [2.75, 3.05) is 12.1 Å². The van der Waals surface area contributed by atoms with E-state index in [4.69, 9.17) is 21.1 Å². The monoisotopic (exact) mass is 295 g/mol. The second kappa shape index (κ2) is 5.11. The van der Waals surface area contributed by atoms with Gasteiger partial charge >= 0.3 is 0 Å². The second-order valence-electron chi connectivity index (χ2n) is 4.04. The van der Waals surface area contributed by atoms with Crippen LogP contribution in [0.1, 0.15) is 5.56 Å². The summed E-state index contributed by atoms with van der Waals surface area (Å²) in [6.07, 6.45) is 0.328. The van der Waals surface area contributed by atoms with E-state index in [0.29, 0.717) is 28.6 Å². The van der Waals surface area contributed by atoms with Crippen LogP contribution in [0, 0.1) is 0 Å². The van der Waals surface area contributed by atoms with E-state index in [1.165, 1.54) is 0 Å². The van der Waals surface area contributed by atoms with Gasteiger partial charge in [-0.1, -0.05) is 11.6 Å². The number of carbonyl (C=O) groups excluding carboxylic acids is 1. The molecule has 1 aromatic carbocycles. The molecule has 0 saturated heterocycles. The highest BCUT2D eigenvalue weighted by molar-refractivity contribution is 7.08. The van der Waals surface area contributed by atoms with E-state index in [9.17, 15) is 4.79 Å². The lowest BCUT2D eigenvalue weighted by Crippen LogP contribution is -2.14. The van der Waals surface area contributed by atoms with E-state index in [1.54, 1.807) is 23.5 Å². The molecule has 3 rings (SSSR count). The zero-order chi connectivity index (χ0) is 13.2. The number of hydrogen-bond donors (Lipinski definition) is 1. The van der Waals surface area contributed by atoms with Crippen LogP contribution >= 0.6 is 22.9 Å².